The summed E-state index contributed by atoms with van der Waals surface area (Å²) >= 11 is 0. The summed E-state index contributed by atoms with van der Waals surface area (Å²) in [6, 6.07) is 6.59. The molecular formula is C20H27N5O5. The molecule has 2 rings (SSSR count). The monoisotopic (exact) mass is 417 g/mol. The summed E-state index contributed by atoms with van der Waals surface area (Å²) in [5.74, 6) is 3.95. The summed E-state index contributed by atoms with van der Waals surface area (Å²) in [6.07, 6.45) is 0.576. The van der Waals surface area contributed by atoms with Gasteiger partial charge in [-0.2, -0.15) is 5.10 Å². The molecule has 0 saturated carbocycles. The molecule has 10 nitrogen and oxygen atoms in total. The number of hydrazone groups is 1. The summed E-state index contributed by atoms with van der Waals surface area (Å²) in [5.41, 5.74) is 0.606. The highest BCUT2D eigenvalue weighted by Gasteiger charge is 2.28. The number of hydrogen-bond donors (Lipinski definition) is 2. The van der Waals surface area contributed by atoms with Crippen molar-refractivity contribution in [3.05, 3.63) is 29.8 Å². The van der Waals surface area contributed by atoms with E-state index >= 15 is 0 Å². The normalized spacial score (nSPS) is 15.4. The van der Waals surface area contributed by atoms with Gasteiger partial charge in [0.25, 0.3) is 5.91 Å². The van der Waals surface area contributed by atoms with E-state index in [-0.39, 0.29) is 24.1 Å². The summed E-state index contributed by atoms with van der Waals surface area (Å²) in [5, 5.41) is 12.1. The van der Waals surface area contributed by atoms with Crippen molar-refractivity contribution in [3.8, 4) is 0 Å². The average Bonchev–Trinajstić information content (AvgIpc) is 2.69. The van der Waals surface area contributed by atoms with Gasteiger partial charge in [-0.25, -0.2) is 4.79 Å². The van der Waals surface area contributed by atoms with Crippen LogP contribution in [-0.4, -0.2) is 76.6 Å². The fourth-order valence-corrected chi connectivity index (χ4v) is 2.72. The van der Waals surface area contributed by atoms with E-state index in [1.807, 2.05) is 20.8 Å². The number of ether oxygens (including phenoxy) is 1. The van der Waals surface area contributed by atoms with Gasteiger partial charge in [0.2, 0.25) is 0 Å². The molecule has 0 aliphatic carbocycles. The van der Waals surface area contributed by atoms with Gasteiger partial charge in [-0.15, -0.1) is 0 Å². The van der Waals surface area contributed by atoms with Crippen LogP contribution < -0.4 is 5.84 Å². The van der Waals surface area contributed by atoms with E-state index in [1.54, 1.807) is 34.1 Å². The lowest BCUT2D eigenvalue weighted by atomic mass is 10.1. The molecule has 0 spiro atoms. The summed E-state index contributed by atoms with van der Waals surface area (Å²) in [4.78, 5) is 42.9. The molecule has 1 aliphatic heterocycles. The summed E-state index contributed by atoms with van der Waals surface area (Å²) < 4.78 is 5.36. The predicted molar refractivity (Wildman–Crippen MR) is 112 cm³/mol. The van der Waals surface area contributed by atoms with E-state index in [9.17, 15) is 14.4 Å². The van der Waals surface area contributed by atoms with Gasteiger partial charge < -0.3 is 25.5 Å². The lowest BCUT2D eigenvalue weighted by Gasteiger charge is -2.35. The first-order valence-corrected chi connectivity index (χ1v) is 9.49. The molecule has 10 heteroatoms. The first kappa shape index (κ1) is 22.9. The lowest BCUT2D eigenvalue weighted by molar-refractivity contribution is -0.135. The Hall–Kier alpha value is -3.43. The Morgan fingerprint density at radius 2 is 1.67 bits per heavy atom. The molecule has 0 bridgehead atoms. The highest BCUT2D eigenvalue weighted by Crippen LogP contribution is 2.16. The van der Waals surface area contributed by atoms with Crippen molar-refractivity contribution in [2.24, 2.45) is 15.9 Å². The minimum atomic E-state index is -1.06. The maximum absolute atomic E-state index is 12.7. The van der Waals surface area contributed by atoms with Crippen molar-refractivity contribution >= 4 is 35.6 Å². The molecule has 1 fully saturated rings. The molecule has 1 saturated heterocycles. The molecule has 0 atom stereocenters. The van der Waals surface area contributed by atoms with E-state index in [0.29, 0.717) is 37.4 Å². The second-order valence-corrected chi connectivity index (χ2v) is 7.76. The number of carboxylic acids is 1. The molecule has 1 heterocycles. The van der Waals surface area contributed by atoms with Crippen molar-refractivity contribution in [3.63, 3.8) is 0 Å². The minimum absolute atomic E-state index is 0.130. The fraction of sp³-hybridized carbons (Fsp3) is 0.450. The largest absolute Gasteiger partial charge is 0.481 e. The number of aliphatic carboxylic acids is 1. The zero-order valence-electron chi connectivity index (χ0n) is 17.4. The number of rotatable bonds is 5. The number of nitrogens with two attached hydrogens (primary N) is 1. The fourth-order valence-electron chi connectivity index (χ4n) is 2.72. The Labute approximate surface area is 175 Å². The molecule has 1 aromatic rings. The van der Waals surface area contributed by atoms with Crippen molar-refractivity contribution in [1.82, 2.24) is 9.80 Å². The molecule has 0 unspecified atom stereocenters. The van der Waals surface area contributed by atoms with E-state index in [0.717, 1.165) is 0 Å². The Morgan fingerprint density at radius 1 is 1.10 bits per heavy atom. The molecule has 1 aromatic carbocycles. The van der Waals surface area contributed by atoms with E-state index in [2.05, 4.69) is 10.1 Å². The van der Waals surface area contributed by atoms with Crippen molar-refractivity contribution in [2.45, 2.75) is 32.8 Å². The maximum atomic E-state index is 12.7. The standard InChI is InChI=1S/C20H27N5O5/c1-20(2,3)30-19(29)25-10-8-24(9-11-25)18(28)14-4-6-15(7-5-14)22-13-16(23-21)12-17(26)27/h4-7,13H,8-12,21H2,1-3H3,(H,26,27). The van der Waals surface area contributed by atoms with Crippen molar-refractivity contribution in [2.75, 3.05) is 26.2 Å². The third kappa shape index (κ3) is 6.87. The zero-order valence-corrected chi connectivity index (χ0v) is 17.4. The Kier molecular flexibility index (Phi) is 7.51. The van der Waals surface area contributed by atoms with Crippen LogP contribution in [0.25, 0.3) is 0 Å². The summed E-state index contributed by atoms with van der Waals surface area (Å²) in [7, 11) is 0. The minimum Gasteiger partial charge on any atom is -0.481 e. The molecule has 0 radical (unpaired) electrons. The van der Waals surface area contributed by atoms with Gasteiger partial charge in [-0.1, -0.05) is 0 Å². The Balaban J connectivity index is 1.92. The van der Waals surface area contributed by atoms with Gasteiger partial charge in [0.1, 0.15) is 5.60 Å². The summed E-state index contributed by atoms with van der Waals surface area (Å²) in [6.45, 7) is 7.10. The number of carbonyl (C=O) groups excluding carboxylic acids is 2. The van der Waals surface area contributed by atoms with Crippen LogP contribution in [0.4, 0.5) is 10.5 Å². The number of aliphatic imine (C=N–C) groups is 1. The smallest absolute Gasteiger partial charge is 0.410 e. The van der Waals surface area contributed by atoms with Gasteiger partial charge in [0.15, 0.2) is 0 Å². The van der Waals surface area contributed by atoms with Gasteiger partial charge in [0, 0.05) is 31.7 Å². The average molecular weight is 417 g/mol. The number of amides is 2. The predicted octanol–water partition coefficient (Wildman–Crippen LogP) is 1.87. The van der Waals surface area contributed by atoms with Crippen LogP contribution in [0.15, 0.2) is 34.4 Å². The number of carboxylic acid groups (broad SMARTS) is 1. The van der Waals surface area contributed by atoms with Crippen molar-refractivity contribution in [1.29, 1.82) is 0 Å². The molecule has 1 aliphatic rings. The van der Waals surface area contributed by atoms with Gasteiger partial charge in [-0.3, -0.25) is 14.6 Å². The number of carbonyl (C=O) groups is 3. The third-order valence-corrected chi connectivity index (χ3v) is 4.19. The Morgan fingerprint density at radius 3 is 2.17 bits per heavy atom. The molecule has 2 amide bonds. The lowest BCUT2D eigenvalue weighted by Crippen LogP contribution is -2.51. The third-order valence-electron chi connectivity index (χ3n) is 4.19. The van der Waals surface area contributed by atoms with Crippen LogP contribution in [0.2, 0.25) is 0 Å². The van der Waals surface area contributed by atoms with E-state index in [4.69, 9.17) is 15.7 Å². The first-order valence-electron chi connectivity index (χ1n) is 9.49. The SMILES string of the molecule is CC(C)(C)OC(=O)N1CCN(C(=O)c2ccc(N=CC(CC(=O)O)=NN)cc2)CC1. The van der Waals surface area contributed by atoms with Gasteiger partial charge >= 0.3 is 12.1 Å². The zero-order chi connectivity index (χ0) is 22.3. The van der Waals surface area contributed by atoms with E-state index < -0.39 is 11.6 Å². The quantitative estimate of drug-likeness (QED) is 0.426. The first-order chi connectivity index (χ1) is 14.1. The topological polar surface area (TPSA) is 138 Å². The van der Waals surface area contributed by atoms with Crippen LogP contribution >= 0.6 is 0 Å². The highest BCUT2D eigenvalue weighted by atomic mass is 16.6. The van der Waals surface area contributed by atoms with Crippen LogP contribution in [0.5, 0.6) is 0 Å². The van der Waals surface area contributed by atoms with E-state index in [1.165, 1.54) is 6.21 Å². The van der Waals surface area contributed by atoms with Gasteiger partial charge in [0.05, 0.1) is 24.0 Å². The van der Waals surface area contributed by atoms with Crippen molar-refractivity contribution < 1.29 is 24.2 Å². The second-order valence-electron chi connectivity index (χ2n) is 7.76. The number of nitrogens with zero attached hydrogens (tertiary/aromatic N) is 4. The molecule has 30 heavy (non-hydrogen) atoms. The van der Waals surface area contributed by atoms with Gasteiger partial charge in [-0.05, 0) is 45.0 Å². The number of hydrogen-bond acceptors (Lipinski definition) is 7. The number of piperazine rings is 1. The molecule has 0 aromatic heterocycles. The highest BCUT2D eigenvalue weighted by molar-refractivity contribution is 6.34. The number of benzene rings is 1. The van der Waals surface area contributed by atoms with Crippen LogP contribution in [-0.2, 0) is 9.53 Å². The Bertz CT molecular complexity index is 834. The molecule has 162 valence electrons. The molecule has 3 N–H and O–H groups in total. The van der Waals surface area contributed by atoms with Crippen LogP contribution in [0.3, 0.4) is 0 Å². The molecular weight excluding hydrogens is 390 g/mol. The van der Waals surface area contributed by atoms with Crippen LogP contribution in [0, 0.1) is 0 Å². The van der Waals surface area contributed by atoms with Crippen LogP contribution in [0.1, 0.15) is 37.6 Å². The second kappa shape index (κ2) is 9.86. The maximum Gasteiger partial charge on any atom is 0.410 e.